The summed E-state index contributed by atoms with van der Waals surface area (Å²) in [5.41, 5.74) is 9.00. The second kappa shape index (κ2) is 7.24. The third-order valence-electron chi connectivity index (χ3n) is 4.58. The Morgan fingerprint density at radius 2 is 1.65 bits per heavy atom. The number of nitrogens with zero attached hydrogens (tertiary/aromatic N) is 1. The van der Waals surface area contributed by atoms with Gasteiger partial charge in [0.05, 0.1) is 0 Å². The maximum absolute atomic E-state index is 6.35. The summed E-state index contributed by atoms with van der Waals surface area (Å²) in [5, 5.41) is 0. The number of benzene rings is 1. The molecule has 0 aliphatic heterocycles. The van der Waals surface area contributed by atoms with E-state index in [1.165, 1.54) is 43.4 Å². The summed E-state index contributed by atoms with van der Waals surface area (Å²) in [5.74, 6) is 1.49. The standard InChI is InChI=1S/C18H30N2/c1-14(2)16-8-10-17(11-9-16)18(19)13-20(3)12-15-6-4-5-7-15/h8-11,14-15,18H,4-7,12-13,19H2,1-3H3. The molecule has 20 heavy (non-hydrogen) atoms. The Balaban J connectivity index is 1.85. The van der Waals surface area contributed by atoms with Crippen LogP contribution in [0, 0.1) is 5.92 Å². The second-order valence-electron chi connectivity index (χ2n) is 6.80. The molecule has 0 bridgehead atoms. The van der Waals surface area contributed by atoms with Crippen molar-refractivity contribution in [3.05, 3.63) is 35.4 Å². The average molecular weight is 274 g/mol. The van der Waals surface area contributed by atoms with Crippen molar-refractivity contribution in [2.75, 3.05) is 20.1 Å². The van der Waals surface area contributed by atoms with E-state index in [2.05, 4.69) is 50.1 Å². The highest BCUT2D eigenvalue weighted by atomic mass is 15.1. The number of hydrogen-bond donors (Lipinski definition) is 1. The van der Waals surface area contributed by atoms with Crippen LogP contribution in [0.5, 0.6) is 0 Å². The predicted molar refractivity (Wildman–Crippen MR) is 86.9 cm³/mol. The van der Waals surface area contributed by atoms with Crippen molar-refractivity contribution < 1.29 is 0 Å². The average Bonchev–Trinajstić information content (AvgIpc) is 2.91. The number of hydrogen-bond acceptors (Lipinski definition) is 2. The lowest BCUT2D eigenvalue weighted by Gasteiger charge is -2.24. The molecular weight excluding hydrogens is 244 g/mol. The first-order valence-corrected chi connectivity index (χ1v) is 8.10. The third kappa shape index (κ3) is 4.32. The molecule has 2 heteroatoms. The van der Waals surface area contributed by atoms with Crippen LogP contribution < -0.4 is 5.73 Å². The van der Waals surface area contributed by atoms with Crippen LogP contribution >= 0.6 is 0 Å². The zero-order chi connectivity index (χ0) is 14.5. The van der Waals surface area contributed by atoms with Crippen LogP contribution in [0.4, 0.5) is 0 Å². The van der Waals surface area contributed by atoms with Gasteiger partial charge in [0.2, 0.25) is 0 Å². The van der Waals surface area contributed by atoms with Gasteiger partial charge in [-0.05, 0) is 42.9 Å². The summed E-state index contributed by atoms with van der Waals surface area (Å²) in [6.07, 6.45) is 5.65. The van der Waals surface area contributed by atoms with Crippen LogP contribution in [0.3, 0.4) is 0 Å². The van der Waals surface area contributed by atoms with Gasteiger partial charge in [0.25, 0.3) is 0 Å². The second-order valence-corrected chi connectivity index (χ2v) is 6.80. The van der Waals surface area contributed by atoms with Gasteiger partial charge in [-0.25, -0.2) is 0 Å². The lowest BCUT2D eigenvalue weighted by molar-refractivity contribution is 0.263. The Morgan fingerprint density at radius 1 is 1.10 bits per heavy atom. The molecule has 1 aromatic carbocycles. The Bertz CT molecular complexity index is 390. The number of likely N-dealkylation sites (N-methyl/N-ethyl adjacent to an activating group) is 1. The summed E-state index contributed by atoms with van der Waals surface area (Å²) in [4.78, 5) is 2.41. The fraction of sp³-hybridized carbons (Fsp3) is 0.667. The van der Waals surface area contributed by atoms with E-state index in [0.29, 0.717) is 5.92 Å². The molecule has 0 radical (unpaired) electrons. The van der Waals surface area contributed by atoms with E-state index in [9.17, 15) is 0 Å². The Hall–Kier alpha value is -0.860. The molecular formula is C18H30N2. The predicted octanol–water partition coefficient (Wildman–Crippen LogP) is 3.93. The highest BCUT2D eigenvalue weighted by Crippen LogP contribution is 2.25. The third-order valence-corrected chi connectivity index (χ3v) is 4.58. The zero-order valence-electron chi connectivity index (χ0n) is 13.3. The van der Waals surface area contributed by atoms with E-state index in [1.54, 1.807) is 0 Å². The van der Waals surface area contributed by atoms with Crippen LogP contribution in [0.25, 0.3) is 0 Å². The quantitative estimate of drug-likeness (QED) is 0.851. The lowest BCUT2D eigenvalue weighted by atomic mass is 9.99. The molecule has 1 aliphatic rings. The minimum Gasteiger partial charge on any atom is -0.323 e. The normalized spacial score (nSPS) is 18.1. The van der Waals surface area contributed by atoms with Gasteiger partial charge >= 0.3 is 0 Å². The maximum Gasteiger partial charge on any atom is 0.0424 e. The Kier molecular flexibility index (Phi) is 5.62. The molecule has 2 nitrogen and oxygen atoms in total. The molecule has 1 saturated carbocycles. The van der Waals surface area contributed by atoms with E-state index >= 15 is 0 Å². The van der Waals surface area contributed by atoms with Gasteiger partial charge < -0.3 is 10.6 Å². The summed E-state index contributed by atoms with van der Waals surface area (Å²) in [7, 11) is 2.21. The monoisotopic (exact) mass is 274 g/mol. The van der Waals surface area contributed by atoms with Crippen LogP contribution in [0.1, 0.15) is 62.6 Å². The summed E-state index contributed by atoms with van der Waals surface area (Å²) in [6, 6.07) is 8.96. The summed E-state index contributed by atoms with van der Waals surface area (Å²) >= 11 is 0. The fourth-order valence-corrected chi connectivity index (χ4v) is 3.28. The van der Waals surface area contributed by atoms with Crippen molar-refractivity contribution >= 4 is 0 Å². The molecule has 0 amide bonds. The van der Waals surface area contributed by atoms with Gasteiger partial charge in [-0.1, -0.05) is 51.0 Å². The Morgan fingerprint density at radius 3 is 2.20 bits per heavy atom. The molecule has 1 unspecified atom stereocenters. The minimum atomic E-state index is 0.127. The van der Waals surface area contributed by atoms with E-state index in [-0.39, 0.29) is 6.04 Å². The largest absolute Gasteiger partial charge is 0.323 e. The zero-order valence-corrected chi connectivity index (χ0v) is 13.3. The number of rotatable bonds is 6. The molecule has 1 fully saturated rings. The highest BCUT2D eigenvalue weighted by Gasteiger charge is 2.18. The van der Waals surface area contributed by atoms with E-state index < -0.39 is 0 Å². The number of nitrogens with two attached hydrogens (primary N) is 1. The lowest BCUT2D eigenvalue weighted by Crippen LogP contribution is -2.32. The molecule has 0 aromatic heterocycles. The topological polar surface area (TPSA) is 29.3 Å². The van der Waals surface area contributed by atoms with Crippen molar-refractivity contribution in [2.24, 2.45) is 11.7 Å². The van der Waals surface area contributed by atoms with Crippen molar-refractivity contribution in [1.82, 2.24) is 4.90 Å². The molecule has 0 saturated heterocycles. The van der Waals surface area contributed by atoms with Crippen molar-refractivity contribution in [3.63, 3.8) is 0 Å². The fourth-order valence-electron chi connectivity index (χ4n) is 3.28. The van der Waals surface area contributed by atoms with E-state index in [0.717, 1.165) is 12.5 Å². The van der Waals surface area contributed by atoms with Gasteiger partial charge in [0.1, 0.15) is 0 Å². The highest BCUT2D eigenvalue weighted by molar-refractivity contribution is 5.26. The molecule has 112 valence electrons. The smallest absolute Gasteiger partial charge is 0.0424 e. The molecule has 1 aromatic rings. The molecule has 2 rings (SSSR count). The minimum absolute atomic E-state index is 0.127. The molecule has 1 atom stereocenters. The van der Waals surface area contributed by atoms with Gasteiger partial charge in [0, 0.05) is 19.1 Å². The van der Waals surface area contributed by atoms with Crippen LogP contribution in [0.2, 0.25) is 0 Å². The molecule has 0 spiro atoms. The first-order chi connectivity index (χ1) is 9.56. The van der Waals surface area contributed by atoms with Crippen LogP contribution in [-0.4, -0.2) is 25.0 Å². The van der Waals surface area contributed by atoms with E-state index in [1.807, 2.05) is 0 Å². The van der Waals surface area contributed by atoms with Gasteiger partial charge in [-0.2, -0.15) is 0 Å². The first kappa shape index (κ1) is 15.5. The van der Waals surface area contributed by atoms with Crippen molar-refractivity contribution in [3.8, 4) is 0 Å². The molecule has 1 aliphatic carbocycles. The van der Waals surface area contributed by atoms with Crippen molar-refractivity contribution in [1.29, 1.82) is 0 Å². The van der Waals surface area contributed by atoms with Crippen molar-refractivity contribution in [2.45, 2.75) is 51.5 Å². The van der Waals surface area contributed by atoms with Gasteiger partial charge in [0.15, 0.2) is 0 Å². The molecule has 0 heterocycles. The summed E-state index contributed by atoms with van der Waals surface area (Å²) in [6.45, 7) is 6.62. The molecule has 2 N–H and O–H groups in total. The summed E-state index contributed by atoms with van der Waals surface area (Å²) < 4.78 is 0. The maximum atomic E-state index is 6.35. The van der Waals surface area contributed by atoms with Crippen LogP contribution in [-0.2, 0) is 0 Å². The van der Waals surface area contributed by atoms with Gasteiger partial charge in [-0.15, -0.1) is 0 Å². The first-order valence-electron chi connectivity index (χ1n) is 8.10. The SMILES string of the molecule is CC(C)c1ccc(C(N)CN(C)CC2CCCC2)cc1. The Labute approximate surface area is 124 Å². The van der Waals surface area contributed by atoms with E-state index in [4.69, 9.17) is 5.73 Å². The van der Waals surface area contributed by atoms with Gasteiger partial charge in [-0.3, -0.25) is 0 Å². The van der Waals surface area contributed by atoms with Crippen LogP contribution in [0.15, 0.2) is 24.3 Å².